The molecule has 1 aliphatic heterocycles. The molecule has 1 aromatic carbocycles. The van der Waals surface area contributed by atoms with Crippen molar-refractivity contribution in [3.63, 3.8) is 0 Å². The van der Waals surface area contributed by atoms with Crippen LogP contribution in [0.2, 0.25) is 0 Å². The maximum absolute atomic E-state index is 5.89. The van der Waals surface area contributed by atoms with Crippen LogP contribution in [0.15, 0.2) is 35.3 Å². The molecule has 16 heavy (non-hydrogen) atoms. The fourth-order valence-electron chi connectivity index (χ4n) is 1.90. The number of rotatable bonds is 4. The lowest BCUT2D eigenvalue weighted by molar-refractivity contribution is 0.106. The Balaban J connectivity index is 1.82. The second-order valence-corrected chi connectivity index (χ2v) is 4.06. The van der Waals surface area contributed by atoms with Gasteiger partial charge >= 0.3 is 0 Å². The highest BCUT2D eigenvalue weighted by Gasteiger charge is 2.14. The average Bonchev–Trinajstić information content (AvgIpc) is 2.83. The van der Waals surface area contributed by atoms with E-state index in [0.29, 0.717) is 11.9 Å². The fourth-order valence-corrected chi connectivity index (χ4v) is 1.90. The zero-order valence-electron chi connectivity index (χ0n) is 9.43. The van der Waals surface area contributed by atoms with Gasteiger partial charge in [0.05, 0.1) is 6.10 Å². The molecule has 1 atom stereocenters. The highest BCUT2D eigenvalue weighted by molar-refractivity contribution is 5.97. The van der Waals surface area contributed by atoms with Crippen LogP contribution in [0.25, 0.3) is 0 Å². The summed E-state index contributed by atoms with van der Waals surface area (Å²) in [6.45, 7) is 1.66. The Morgan fingerprint density at radius 3 is 2.88 bits per heavy atom. The molecule has 0 saturated carbocycles. The van der Waals surface area contributed by atoms with Gasteiger partial charge in [0.1, 0.15) is 5.84 Å². The molecule has 0 aromatic heterocycles. The molecule has 1 heterocycles. The first kappa shape index (κ1) is 11.1. The predicted octanol–water partition coefficient (Wildman–Crippen LogP) is 1.96. The molecule has 1 unspecified atom stereocenters. The van der Waals surface area contributed by atoms with Gasteiger partial charge in [0, 0.05) is 18.7 Å². The van der Waals surface area contributed by atoms with Gasteiger partial charge in [-0.05, 0) is 19.3 Å². The minimum atomic E-state index is 0.396. The number of hydrogen-bond donors (Lipinski definition) is 1. The summed E-state index contributed by atoms with van der Waals surface area (Å²) in [5.74, 6) is 0.624. The molecule has 86 valence electrons. The van der Waals surface area contributed by atoms with Crippen molar-refractivity contribution in [1.29, 1.82) is 0 Å². The quantitative estimate of drug-likeness (QED) is 0.620. The van der Waals surface area contributed by atoms with E-state index in [1.807, 2.05) is 30.3 Å². The number of hydrogen-bond acceptors (Lipinski definition) is 2. The highest BCUT2D eigenvalue weighted by atomic mass is 16.5. The molecule has 3 heteroatoms. The minimum absolute atomic E-state index is 0.396. The molecule has 0 spiro atoms. The highest BCUT2D eigenvalue weighted by Crippen LogP contribution is 2.15. The molecule has 2 N–H and O–H groups in total. The van der Waals surface area contributed by atoms with E-state index in [2.05, 4.69) is 4.99 Å². The summed E-state index contributed by atoms with van der Waals surface area (Å²) in [4.78, 5) is 4.37. The van der Waals surface area contributed by atoms with E-state index in [1.54, 1.807) is 0 Å². The smallest absolute Gasteiger partial charge is 0.125 e. The molecule has 0 radical (unpaired) electrons. The topological polar surface area (TPSA) is 47.6 Å². The zero-order valence-corrected chi connectivity index (χ0v) is 9.43. The van der Waals surface area contributed by atoms with Crippen molar-refractivity contribution >= 4 is 5.84 Å². The van der Waals surface area contributed by atoms with Crippen molar-refractivity contribution in [3.8, 4) is 0 Å². The number of nitrogens with zero attached hydrogens (tertiary/aromatic N) is 1. The van der Waals surface area contributed by atoms with Crippen LogP contribution in [0.5, 0.6) is 0 Å². The maximum atomic E-state index is 5.89. The van der Waals surface area contributed by atoms with E-state index in [9.17, 15) is 0 Å². The standard InChI is InChI=1S/C13H18N2O/c14-13(11-5-2-1-3-6-11)15-9-8-12-7-4-10-16-12/h1-3,5-6,12H,4,7-10H2,(H2,14,15). The van der Waals surface area contributed by atoms with Gasteiger partial charge < -0.3 is 10.5 Å². The van der Waals surface area contributed by atoms with Crippen molar-refractivity contribution in [2.24, 2.45) is 10.7 Å². The number of amidine groups is 1. The molecule has 1 aliphatic rings. The van der Waals surface area contributed by atoms with Crippen molar-refractivity contribution in [3.05, 3.63) is 35.9 Å². The number of nitrogens with two attached hydrogens (primary N) is 1. The lowest BCUT2D eigenvalue weighted by atomic mass is 10.2. The van der Waals surface area contributed by atoms with Crippen molar-refractivity contribution in [2.45, 2.75) is 25.4 Å². The van der Waals surface area contributed by atoms with Crippen LogP contribution >= 0.6 is 0 Å². The Morgan fingerprint density at radius 2 is 2.19 bits per heavy atom. The van der Waals surface area contributed by atoms with Crippen LogP contribution in [-0.4, -0.2) is 25.1 Å². The first-order valence-corrected chi connectivity index (χ1v) is 5.83. The van der Waals surface area contributed by atoms with Crippen molar-refractivity contribution in [2.75, 3.05) is 13.2 Å². The van der Waals surface area contributed by atoms with Gasteiger partial charge in [-0.15, -0.1) is 0 Å². The number of benzene rings is 1. The molecule has 3 nitrogen and oxygen atoms in total. The third-order valence-corrected chi connectivity index (χ3v) is 2.83. The van der Waals surface area contributed by atoms with E-state index in [-0.39, 0.29) is 0 Å². The number of ether oxygens (including phenoxy) is 1. The lowest BCUT2D eigenvalue weighted by Crippen LogP contribution is -2.15. The SMILES string of the molecule is NC(=NCCC1CCCO1)c1ccccc1. The van der Waals surface area contributed by atoms with Crippen LogP contribution in [0, 0.1) is 0 Å². The van der Waals surface area contributed by atoms with Gasteiger partial charge in [0.2, 0.25) is 0 Å². The van der Waals surface area contributed by atoms with Crippen LogP contribution in [-0.2, 0) is 4.74 Å². The molecular formula is C13H18N2O. The summed E-state index contributed by atoms with van der Waals surface area (Å²) in [5, 5.41) is 0. The summed E-state index contributed by atoms with van der Waals surface area (Å²) in [5.41, 5.74) is 6.88. The van der Waals surface area contributed by atoms with Gasteiger partial charge in [0.25, 0.3) is 0 Å². The molecule has 1 saturated heterocycles. The first-order chi connectivity index (χ1) is 7.86. The van der Waals surface area contributed by atoms with Gasteiger partial charge in [-0.2, -0.15) is 0 Å². The summed E-state index contributed by atoms with van der Waals surface area (Å²) < 4.78 is 5.53. The Kier molecular flexibility index (Phi) is 3.94. The molecule has 0 bridgehead atoms. The summed E-state index contributed by atoms with van der Waals surface area (Å²) in [6.07, 6.45) is 3.73. The fraction of sp³-hybridized carbons (Fsp3) is 0.462. The molecule has 1 aromatic rings. The van der Waals surface area contributed by atoms with Crippen LogP contribution in [0.1, 0.15) is 24.8 Å². The Morgan fingerprint density at radius 1 is 1.38 bits per heavy atom. The molecule has 0 amide bonds. The Hall–Kier alpha value is -1.35. The second kappa shape index (κ2) is 5.66. The molecule has 1 fully saturated rings. The third-order valence-electron chi connectivity index (χ3n) is 2.83. The molecule has 0 aliphatic carbocycles. The Labute approximate surface area is 96.3 Å². The lowest BCUT2D eigenvalue weighted by Gasteiger charge is -2.06. The summed E-state index contributed by atoms with van der Waals surface area (Å²) in [6, 6.07) is 9.87. The molecule has 2 rings (SSSR count). The van der Waals surface area contributed by atoms with Gasteiger partial charge in [-0.3, -0.25) is 4.99 Å². The van der Waals surface area contributed by atoms with Gasteiger partial charge in [0.15, 0.2) is 0 Å². The van der Waals surface area contributed by atoms with E-state index < -0.39 is 0 Å². The predicted molar refractivity (Wildman–Crippen MR) is 65.6 cm³/mol. The summed E-state index contributed by atoms with van der Waals surface area (Å²) in [7, 11) is 0. The summed E-state index contributed by atoms with van der Waals surface area (Å²) >= 11 is 0. The van der Waals surface area contributed by atoms with E-state index in [1.165, 1.54) is 12.8 Å². The van der Waals surface area contributed by atoms with E-state index in [0.717, 1.165) is 25.1 Å². The van der Waals surface area contributed by atoms with Gasteiger partial charge in [-0.1, -0.05) is 30.3 Å². The van der Waals surface area contributed by atoms with Crippen LogP contribution < -0.4 is 5.73 Å². The number of aliphatic imine (C=N–C) groups is 1. The minimum Gasteiger partial charge on any atom is -0.384 e. The maximum Gasteiger partial charge on any atom is 0.125 e. The Bertz CT molecular complexity index is 342. The third kappa shape index (κ3) is 3.07. The zero-order chi connectivity index (χ0) is 11.2. The average molecular weight is 218 g/mol. The van der Waals surface area contributed by atoms with Crippen LogP contribution in [0.4, 0.5) is 0 Å². The molecular weight excluding hydrogens is 200 g/mol. The van der Waals surface area contributed by atoms with Crippen molar-refractivity contribution < 1.29 is 4.74 Å². The van der Waals surface area contributed by atoms with Gasteiger partial charge in [-0.25, -0.2) is 0 Å². The van der Waals surface area contributed by atoms with E-state index in [4.69, 9.17) is 10.5 Å². The van der Waals surface area contributed by atoms with E-state index >= 15 is 0 Å². The largest absolute Gasteiger partial charge is 0.384 e. The normalized spacial score (nSPS) is 21.2. The van der Waals surface area contributed by atoms with Crippen LogP contribution in [0.3, 0.4) is 0 Å². The first-order valence-electron chi connectivity index (χ1n) is 5.83. The second-order valence-electron chi connectivity index (χ2n) is 4.06. The van der Waals surface area contributed by atoms with Crippen molar-refractivity contribution in [1.82, 2.24) is 0 Å². The monoisotopic (exact) mass is 218 g/mol.